The van der Waals surface area contributed by atoms with Crippen LogP contribution < -0.4 is 5.32 Å². The first kappa shape index (κ1) is 15.7. The first-order valence-electron chi connectivity index (χ1n) is 6.78. The van der Waals surface area contributed by atoms with Crippen molar-refractivity contribution in [2.75, 3.05) is 32.8 Å². The number of carbonyl (C=O) groups is 1. The van der Waals surface area contributed by atoms with Crippen molar-refractivity contribution in [3.05, 3.63) is 0 Å². The Morgan fingerprint density at radius 2 is 2.00 bits per heavy atom. The number of ether oxygens (including phenoxy) is 1. The lowest BCUT2D eigenvalue weighted by Crippen LogP contribution is -2.54. The first-order chi connectivity index (χ1) is 8.18. The molecule has 2 aliphatic heterocycles. The van der Waals surface area contributed by atoms with Crippen molar-refractivity contribution < 1.29 is 9.53 Å². The standard InChI is InChI=1S/C13H24N2O2.ClH/c1-10(2)11-3-6-15(7-4-11)13(16)12-9-17-8-5-14-12;/h10-12,14H,3-9H2,1-2H3;1H. The molecule has 4 nitrogen and oxygen atoms in total. The zero-order valence-corrected chi connectivity index (χ0v) is 12.2. The lowest BCUT2D eigenvalue weighted by Gasteiger charge is -2.36. The number of amides is 1. The normalized spacial score (nSPS) is 25.9. The molecule has 0 aromatic carbocycles. The third-order valence-electron chi connectivity index (χ3n) is 4.01. The van der Waals surface area contributed by atoms with Crippen LogP contribution in [0.25, 0.3) is 0 Å². The van der Waals surface area contributed by atoms with E-state index < -0.39 is 0 Å². The van der Waals surface area contributed by atoms with E-state index in [9.17, 15) is 4.79 Å². The van der Waals surface area contributed by atoms with Crippen LogP contribution in [-0.4, -0.2) is 49.7 Å². The number of halogens is 1. The number of carbonyl (C=O) groups excluding carboxylic acids is 1. The molecular formula is C13H25ClN2O2. The average molecular weight is 277 g/mol. The first-order valence-corrected chi connectivity index (χ1v) is 6.78. The molecule has 0 saturated carbocycles. The zero-order valence-electron chi connectivity index (χ0n) is 11.4. The number of hydrogen-bond acceptors (Lipinski definition) is 3. The predicted molar refractivity (Wildman–Crippen MR) is 74.0 cm³/mol. The summed E-state index contributed by atoms with van der Waals surface area (Å²) in [7, 11) is 0. The minimum absolute atomic E-state index is 0. The van der Waals surface area contributed by atoms with E-state index in [4.69, 9.17) is 4.74 Å². The maximum atomic E-state index is 12.2. The van der Waals surface area contributed by atoms with E-state index in [0.29, 0.717) is 6.61 Å². The van der Waals surface area contributed by atoms with Crippen LogP contribution in [0.3, 0.4) is 0 Å². The summed E-state index contributed by atoms with van der Waals surface area (Å²) in [6.07, 6.45) is 2.30. The number of nitrogens with zero attached hydrogens (tertiary/aromatic N) is 1. The SMILES string of the molecule is CC(C)C1CCN(C(=O)C2COCCN2)CC1.Cl. The molecule has 0 aromatic rings. The summed E-state index contributed by atoms with van der Waals surface area (Å²) in [5.41, 5.74) is 0. The Labute approximate surface area is 116 Å². The second-order valence-corrected chi connectivity index (χ2v) is 5.49. The Bertz CT molecular complexity index is 260. The summed E-state index contributed by atoms with van der Waals surface area (Å²) in [5, 5.41) is 3.23. The molecule has 2 rings (SSSR count). The maximum Gasteiger partial charge on any atom is 0.242 e. The van der Waals surface area contributed by atoms with Crippen molar-refractivity contribution in [2.45, 2.75) is 32.7 Å². The summed E-state index contributed by atoms with van der Waals surface area (Å²) < 4.78 is 5.34. The van der Waals surface area contributed by atoms with E-state index in [1.165, 1.54) is 0 Å². The summed E-state index contributed by atoms with van der Waals surface area (Å²) in [4.78, 5) is 14.2. The fourth-order valence-electron chi connectivity index (χ4n) is 2.73. The third kappa shape index (κ3) is 3.84. The van der Waals surface area contributed by atoms with Crippen molar-refractivity contribution in [3.63, 3.8) is 0 Å². The third-order valence-corrected chi connectivity index (χ3v) is 4.01. The molecule has 2 saturated heterocycles. The van der Waals surface area contributed by atoms with Crippen LogP contribution in [0.1, 0.15) is 26.7 Å². The van der Waals surface area contributed by atoms with Gasteiger partial charge in [-0.25, -0.2) is 0 Å². The van der Waals surface area contributed by atoms with E-state index in [0.717, 1.165) is 50.9 Å². The monoisotopic (exact) mass is 276 g/mol. The molecule has 0 aliphatic carbocycles. The van der Waals surface area contributed by atoms with Crippen LogP contribution in [0, 0.1) is 11.8 Å². The van der Waals surface area contributed by atoms with E-state index in [-0.39, 0.29) is 24.4 Å². The van der Waals surface area contributed by atoms with Gasteiger partial charge in [-0.1, -0.05) is 13.8 Å². The van der Waals surface area contributed by atoms with Crippen LogP contribution in [-0.2, 0) is 9.53 Å². The summed E-state index contributed by atoms with van der Waals surface area (Å²) in [6.45, 7) is 8.43. The topological polar surface area (TPSA) is 41.6 Å². The van der Waals surface area contributed by atoms with Crippen LogP contribution in [0.4, 0.5) is 0 Å². The Morgan fingerprint density at radius 3 is 2.50 bits per heavy atom. The maximum absolute atomic E-state index is 12.2. The van der Waals surface area contributed by atoms with Gasteiger partial charge in [-0.15, -0.1) is 12.4 Å². The highest BCUT2D eigenvalue weighted by molar-refractivity contribution is 5.85. The average Bonchev–Trinajstić information content (AvgIpc) is 2.39. The van der Waals surface area contributed by atoms with Crippen LogP contribution in [0.15, 0.2) is 0 Å². The highest BCUT2D eigenvalue weighted by Gasteiger charge is 2.29. The van der Waals surface area contributed by atoms with Crippen molar-refractivity contribution in [3.8, 4) is 0 Å². The molecule has 5 heteroatoms. The largest absolute Gasteiger partial charge is 0.378 e. The molecule has 1 atom stereocenters. The number of hydrogen-bond donors (Lipinski definition) is 1. The number of piperidine rings is 1. The molecule has 106 valence electrons. The van der Waals surface area contributed by atoms with E-state index in [1.807, 2.05) is 4.90 Å². The highest BCUT2D eigenvalue weighted by Crippen LogP contribution is 2.24. The predicted octanol–water partition coefficient (Wildman–Crippen LogP) is 1.29. The van der Waals surface area contributed by atoms with Gasteiger partial charge in [0.1, 0.15) is 6.04 Å². The Balaban J connectivity index is 0.00000162. The molecule has 0 radical (unpaired) electrons. The fourth-order valence-corrected chi connectivity index (χ4v) is 2.73. The highest BCUT2D eigenvalue weighted by atomic mass is 35.5. The van der Waals surface area contributed by atoms with Crippen LogP contribution >= 0.6 is 12.4 Å². The molecule has 1 N–H and O–H groups in total. The second kappa shape index (κ2) is 7.31. The van der Waals surface area contributed by atoms with Crippen molar-refractivity contribution >= 4 is 18.3 Å². The molecule has 2 heterocycles. The fraction of sp³-hybridized carbons (Fsp3) is 0.923. The molecule has 0 aromatic heterocycles. The molecule has 1 unspecified atom stereocenters. The van der Waals surface area contributed by atoms with E-state index in [2.05, 4.69) is 19.2 Å². The van der Waals surface area contributed by atoms with Gasteiger partial charge < -0.3 is 15.0 Å². The number of likely N-dealkylation sites (tertiary alicyclic amines) is 1. The van der Waals surface area contributed by atoms with Crippen LogP contribution in [0.5, 0.6) is 0 Å². The van der Waals surface area contributed by atoms with Crippen molar-refractivity contribution in [1.29, 1.82) is 0 Å². The van der Waals surface area contributed by atoms with Gasteiger partial charge in [0, 0.05) is 19.6 Å². The lowest BCUT2D eigenvalue weighted by molar-refractivity contribution is -0.138. The molecule has 1 amide bonds. The lowest BCUT2D eigenvalue weighted by atomic mass is 9.86. The zero-order chi connectivity index (χ0) is 12.3. The van der Waals surface area contributed by atoms with Gasteiger partial charge in [-0.2, -0.15) is 0 Å². The van der Waals surface area contributed by atoms with Crippen molar-refractivity contribution in [1.82, 2.24) is 10.2 Å². The number of nitrogens with one attached hydrogen (secondary N) is 1. The van der Waals surface area contributed by atoms with E-state index in [1.54, 1.807) is 0 Å². The van der Waals surface area contributed by atoms with Crippen LogP contribution in [0.2, 0.25) is 0 Å². The minimum atomic E-state index is -0.112. The summed E-state index contributed by atoms with van der Waals surface area (Å²) in [6, 6.07) is -0.112. The van der Waals surface area contributed by atoms with Gasteiger partial charge in [0.2, 0.25) is 5.91 Å². The Kier molecular flexibility index (Phi) is 6.39. The summed E-state index contributed by atoms with van der Waals surface area (Å²) in [5.74, 6) is 1.75. The minimum Gasteiger partial charge on any atom is -0.378 e. The van der Waals surface area contributed by atoms with Gasteiger partial charge in [0.15, 0.2) is 0 Å². The summed E-state index contributed by atoms with van der Waals surface area (Å²) >= 11 is 0. The van der Waals surface area contributed by atoms with Gasteiger partial charge >= 0.3 is 0 Å². The van der Waals surface area contributed by atoms with Gasteiger partial charge in [-0.3, -0.25) is 4.79 Å². The molecule has 18 heavy (non-hydrogen) atoms. The molecule has 2 aliphatic rings. The number of rotatable bonds is 2. The smallest absolute Gasteiger partial charge is 0.242 e. The van der Waals surface area contributed by atoms with Gasteiger partial charge in [0.25, 0.3) is 0 Å². The van der Waals surface area contributed by atoms with Gasteiger partial charge in [0.05, 0.1) is 13.2 Å². The molecule has 0 bridgehead atoms. The Hall–Kier alpha value is -0.320. The van der Waals surface area contributed by atoms with E-state index >= 15 is 0 Å². The Morgan fingerprint density at radius 1 is 1.33 bits per heavy atom. The quantitative estimate of drug-likeness (QED) is 0.826. The molecule has 2 fully saturated rings. The molecular weight excluding hydrogens is 252 g/mol. The van der Waals surface area contributed by atoms with Gasteiger partial charge in [-0.05, 0) is 24.7 Å². The second-order valence-electron chi connectivity index (χ2n) is 5.49. The van der Waals surface area contributed by atoms with Crippen molar-refractivity contribution in [2.24, 2.45) is 11.8 Å². The number of morpholine rings is 1. The molecule has 0 spiro atoms.